The average Bonchev–Trinajstić information content (AvgIpc) is 2.90. The molecule has 0 atom stereocenters. The number of nitrogens with one attached hydrogen (secondary N) is 1. The molecule has 2 aromatic rings. The molecule has 2 aromatic heterocycles. The molecule has 2 heterocycles. The molecule has 1 aliphatic carbocycles. The third-order valence-corrected chi connectivity index (χ3v) is 3.94. The number of imidazole rings is 1. The van der Waals surface area contributed by atoms with Crippen molar-refractivity contribution >= 4 is 5.82 Å². The number of nitrogens with zero attached hydrogens (tertiary/aromatic N) is 4. The van der Waals surface area contributed by atoms with Crippen LogP contribution in [0.4, 0.5) is 5.82 Å². The summed E-state index contributed by atoms with van der Waals surface area (Å²) in [6.07, 6.45) is 8.20. The zero-order chi connectivity index (χ0) is 14.1. The van der Waals surface area contributed by atoms with E-state index in [2.05, 4.69) is 38.7 Å². The summed E-state index contributed by atoms with van der Waals surface area (Å²) in [5.74, 6) is 2.23. The Labute approximate surface area is 119 Å². The van der Waals surface area contributed by atoms with Gasteiger partial charge < -0.3 is 5.32 Å². The van der Waals surface area contributed by atoms with Gasteiger partial charge in [0.05, 0.1) is 5.69 Å². The van der Waals surface area contributed by atoms with Crippen LogP contribution in [0.15, 0.2) is 12.7 Å². The third-order valence-electron chi connectivity index (χ3n) is 3.94. The largest absolute Gasteiger partial charge is 0.373 e. The van der Waals surface area contributed by atoms with E-state index in [0.29, 0.717) is 5.92 Å². The quantitative estimate of drug-likeness (QED) is 0.932. The number of aromatic nitrogens is 4. The van der Waals surface area contributed by atoms with E-state index < -0.39 is 0 Å². The predicted octanol–water partition coefficient (Wildman–Crippen LogP) is 2.71. The Bertz CT molecular complexity index is 615. The summed E-state index contributed by atoms with van der Waals surface area (Å²) in [5, 5.41) is 3.17. The summed E-state index contributed by atoms with van der Waals surface area (Å²) in [6, 6.07) is 0. The molecule has 3 rings (SSSR count). The van der Waals surface area contributed by atoms with Crippen LogP contribution in [0.25, 0.3) is 5.82 Å². The number of rotatable bonds is 3. The molecular weight excluding hydrogens is 250 g/mol. The maximum atomic E-state index is 4.57. The molecule has 0 aliphatic heterocycles. The van der Waals surface area contributed by atoms with Crippen LogP contribution >= 0.6 is 0 Å². The fourth-order valence-corrected chi connectivity index (χ4v) is 2.96. The first-order chi connectivity index (χ1) is 9.72. The lowest BCUT2D eigenvalue weighted by Crippen LogP contribution is -2.12. The minimum atomic E-state index is 0.357. The smallest absolute Gasteiger partial charge is 0.147 e. The van der Waals surface area contributed by atoms with Crippen LogP contribution in [-0.2, 0) is 12.8 Å². The van der Waals surface area contributed by atoms with Crippen LogP contribution in [0.3, 0.4) is 0 Å². The number of anilines is 1. The zero-order valence-electron chi connectivity index (χ0n) is 12.3. The van der Waals surface area contributed by atoms with Gasteiger partial charge in [-0.25, -0.2) is 15.0 Å². The van der Waals surface area contributed by atoms with Gasteiger partial charge in [0.1, 0.15) is 24.3 Å². The van der Waals surface area contributed by atoms with Crippen LogP contribution in [0.5, 0.6) is 0 Å². The molecule has 0 radical (unpaired) electrons. The van der Waals surface area contributed by atoms with Crippen molar-refractivity contribution in [1.82, 2.24) is 19.5 Å². The summed E-state index contributed by atoms with van der Waals surface area (Å²) in [5.41, 5.74) is 3.70. The van der Waals surface area contributed by atoms with E-state index in [9.17, 15) is 0 Å². The normalized spacial score (nSPS) is 14.4. The summed E-state index contributed by atoms with van der Waals surface area (Å²) in [4.78, 5) is 13.4. The second-order valence-electron chi connectivity index (χ2n) is 5.58. The molecule has 0 unspecified atom stereocenters. The molecule has 0 aromatic carbocycles. The monoisotopic (exact) mass is 271 g/mol. The highest BCUT2D eigenvalue weighted by Crippen LogP contribution is 2.30. The van der Waals surface area contributed by atoms with Crippen LogP contribution in [-0.4, -0.2) is 26.6 Å². The summed E-state index contributed by atoms with van der Waals surface area (Å²) in [6.45, 7) is 4.35. The fraction of sp³-hybridized carbons (Fsp3) is 0.533. The Morgan fingerprint density at radius 2 is 1.95 bits per heavy atom. The van der Waals surface area contributed by atoms with Gasteiger partial charge in [0.15, 0.2) is 0 Å². The molecule has 0 amide bonds. The van der Waals surface area contributed by atoms with E-state index in [4.69, 9.17) is 0 Å². The van der Waals surface area contributed by atoms with Crippen molar-refractivity contribution in [2.75, 3.05) is 12.4 Å². The van der Waals surface area contributed by atoms with E-state index in [0.717, 1.165) is 30.0 Å². The van der Waals surface area contributed by atoms with E-state index in [1.165, 1.54) is 24.2 Å². The number of hydrogen-bond acceptors (Lipinski definition) is 4. The fourth-order valence-electron chi connectivity index (χ4n) is 2.96. The van der Waals surface area contributed by atoms with Gasteiger partial charge in [-0.1, -0.05) is 13.8 Å². The average molecular weight is 271 g/mol. The molecule has 5 nitrogen and oxygen atoms in total. The minimum Gasteiger partial charge on any atom is -0.373 e. The van der Waals surface area contributed by atoms with Crippen molar-refractivity contribution in [3.05, 3.63) is 29.6 Å². The maximum absolute atomic E-state index is 4.57. The molecule has 0 bridgehead atoms. The van der Waals surface area contributed by atoms with Crippen molar-refractivity contribution < 1.29 is 0 Å². The first kappa shape index (κ1) is 13.1. The topological polar surface area (TPSA) is 55.6 Å². The van der Waals surface area contributed by atoms with Gasteiger partial charge >= 0.3 is 0 Å². The summed E-state index contributed by atoms with van der Waals surface area (Å²) in [7, 11) is 1.90. The van der Waals surface area contributed by atoms with Crippen LogP contribution in [0.2, 0.25) is 0 Å². The Morgan fingerprint density at radius 1 is 1.15 bits per heavy atom. The van der Waals surface area contributed by atoms with Gasteiger partial charge in [0, 0.05) is 18.3 Å². The van der Waals surface area contributed by atoms with Gasteiger partial charge in [-0.15, -0.1) is 0 Å². The maximum Gasteiger partial charge on any atom is 0.147 e. The Hall–Kier alpha value is -1.91. The van der Waals surface area contributed by atoms with E-state index >= 15 is 0 Å². The second kappa shape index (κ2) is 5.23. The molecule has 0 fully saturated rings. The third kappa shape index (κ3) is 2.07. The number of fused-ring (bicyclic) bond motifs is 1. The van der Waals surface area contributed by atoms with Gasteiger partial charge in [-0.3, -0.25) is 4.57 Å². The van der Waals surface area contributed by atoms with Crippen LogP contribution in [0.1, 0.15) is 49.6 Å². The second-order valence-corrected chi connectivity index (χ2v) is 5.58. The van der Waals surface area contributed by atoms with Crippen molar-refractivity contribution in [2.24, 2.45) is 0 Å². The van der Waals surface area contributed by atoms with E-state index in [-0.39, 0.29) is 0 Å². The van der Waals surface area contributed by atoms with Crippen LogP contribution < -0.4 is 5.32 Å². The van der Waals surface area contributed by atoms with Gasteiger partial charge in [-0.2, -0.15) is 0 Å². The lowest BCUT2D eigenvalue weighted by Gasteiger charge is -2.19. The van der Waals surface area contributed by atoms with Crippen molar-refractivity contribution in [3.63, 3.8) is 0 Å². The molecule has 20 heavy (non-hydrogen) atoms. The van der Waals surface area contributed by atoms with Crippen molar-refractivity contribution in [2.45, 2.75) is 45.4 Å². The van der Waals surface area contributed by atoms with Gasteiger partial charge in [0.2, 0.25) is 0 Å². The molecule has 0 saturated heterocycles. The predicted molar refractivity (Wildman–Crippen MR) is 79.4 cm³/mol. The molecule has 1 N–H and O–H groups in total. The minimum absolute atomic E-state index is 0.357. The lowest BCUT2D eigenvalue weighted by atomic mass is 10.0. The highest BCUT2D eigenvalue weighted by atomic mass is 15.1. The highest BCUT2D eigenvalue weighted by molar-refractivity contribution is 5.54. The SMILES string of the molecule is CNc1ncnc(-n2cnc3c2CCCC3)c1C(C)C. The molecular formula is C15H21N5. The highest BCUT2D eigenvalue weighted by Gasteiger charge is 2.21. The summed E-state index contributed by atoms with van der Waals surface area (Å²) >= 11 is 0. The van der Waals surface area contributed by atoms with Crippen molar-refractivity contribution in [3.8, 4) is 5.82 Å². The number of aryl methyl sites for hydroxylation is 1. The molecule has 106 valence electrons. The van der Waals surface area contributed by atoms with Gasteiger partial charge in [0.25, 0.3) is 0 Å². The zero-order valence-corrected chi connectivity index (χ0v) is 12.3. The Balaban J connectivity index is 2.17. The van der Waals surface area contributed by atoms with E-state index in [1.54, 1.807) is 6.33 Å². The summed E-state index contributed by atoms with van der Waals surface area (Å²) < 4.78 is 2.16. The standard InChI is InChI=1S/C15H21N5/c1-10(2)13-14(16-3)17-8-18-15(13)20-9-19-11-6-4-5-7-12(11)20/h8-10H,4-7H2,1-3H3,(H,16,17,18). The van der Waals surface area contributed by atoms with Crippen LogP contribution in [0, 0.1) is 0 Å². The Kier molecular flexibility index (Phi) is 3.42. The molecule has 0 spiro atoms. The Morgan fingerprint density at radius 3 is 2.70 bits per heavy atom. The first-order valence-electron chi connectivity index (χ1n) is 7.30. The number of hydrogen-bond donors (Lipinski definition) is 1. The van der Waals surface area contributed by atoms with E-state index in [1.807, 2.05) is 13.4 Å². The first-order valence-corrected chi connectivity index (χ1v) is 7.30. The molecule has 0 saturated carbocycles. The van der Waals surface area contributed by atoms with Gasteiger partial charge in [-0.05, 0) is 31.6 Å². The lowest BCUT2D eigenvalue weighted by molar-refractivity contribution is 0.651. The molecule has 5 heteroatoms. The van der Waals surface area contributed by atoms with Crippen molar-refractivity contribution in [1.29, 1.82) is 0 Å². The molecule has 1 aliphatic rings.